The Bertz CT molecular complexity index is 2340. The van der Waals surface area contributed by atoms with Crippen LogP contribution in [0.4, 0.5) is 4.79 Å². The zero-order valence-electron chi connectivity index (χ0n) is 35.2. The van der Waals surface area contributed by atoms with Gasteiger partial charge in [0.05, 0.1) is 13.2 Å². The Hall–Kier alpha value is -6.72. The first kappa shape index (κ1) is 45.8. The average molecular weight is 871 g/mol. The molecule has 0 heterocycles. The molecule has 6 rings (SSSR count). The normalized spacial score (nSPS) is 12.1. The van der Waals surface area contributed by atoms with E-state index in [-0.39, 0.29) is 56.9 Å². The number of ether oxygens (including phenoxy) is 3. The third kappa shape index (κ3) is 15.0. The number of carbonyl (C=O) groups excluding carboxylic acids is 3. The topological polar surface area (TPSA) is 148 Å². The summed E-state index contributed by atoms with van der Waals surface area (Å²) in [6, 6.07) is 48.8. The highest BCUT2D eigenvalue weighted by atomic mass is 31.2. The van der Waals surface area contributed by atoms with Crippen molar-refractivity contribution in [2.45, 2.75) is 65.4 Å². The van der Waals surface area contributed by atoms with E-state index in [2.05, 4.69) is 10.6 Å². The molecule has 0 unspecified atom stereocenters. The highest BCUT2D eigenvalue weighted by molar-refractivity contribution is 7.48. The fourth-order valence-electron chi connectivity index (χ4n) is 6.22. The molecule has 2 amide bonds. The zero-order chi connectivity index (χ0) is 44.3. The summed E-state index contributed by atoms with van der Waals surface area (Å²) in [6.07, 6.45) is -0.846. The van der Waals surface area contributed by atoms with Crippen molar-refractivity contribution in [1.82, 2.24) is 10.6 Å². The quantitative estimate of drug-likeness (QED) is 0.0499. The van der Waals surface area contributed by atoms with Gasteiger partial charge < -0.3 is 29.4 Å². The van der Waals surface area contributed by atoms with Crippen LogP contribution in [0.1, 0.15) is 47.2 Å². The van der Waals surface area contributed by atoms with Crippen LogP contribution in [0.25, 0.3) is 0 Å². The number of phosphoric acid groups is 1. The van der Waals surface area contributed by atoms with E-state index < -0.39 is 37.9 Å². The van der Waals surface area contributed by atoms with E-state index >= 15 is 0 Å². The molecule has 0 fully saturated rings. The van der Waals surface area contributed by atoms with Gasteiger partial charge in [0.15, 0.2) is 11.5 Å². The van der Waals surface area contributed by atoms with Gasteiger partial charge in [-0.25, -0.2) is 14.2 Å². The second-order valence-corrected chi connectivity index (χ2v) is 16.5. The minimum atomic E-state index is -4.32. The summed E-state index contributed by atoms with van der Waals surface area (Å²) in [5.74, 6) is -1.47. The monoisotopic (exact) mass is 870 g/mol. The van der Waals surface area contributed by atoms with Crippen molar-refractivity contribution in [3.63, 3.8) is 0 Å². The van der Waals surface area contributed by atoms with Crippen LogP contribution in [0.3, 0.4) is 0 Å². The minimum absolute atomic E-state index is 0.00961. The first-order chi connectivity index (χ1) is 30.6. The maximum Gasteiger partial charge on any atom is 0.530 e. The van der Waals surface area contributed by atoms with Crippen LogP contribution < -0.4 is 19.9 Å². The molecule has 2 atom stereocenters. The first-order valence-corrected chi connectivity index (χ1v) is 22.0. The highest BCUT2D eigenvalue weighted by Crippen LogP contribution is 2.53. The van der Waals surface area contributed by atoms with Crippen LogP contribution in [0, 0.1) is 5.92 Å². The summed E-state index contributed by atoms with van der Waals surface area (Å²) >= 11 is 0. The molecule has 13 heteroatoms. The van der Waals surface area contributed by atoms with E-state index in [1.807, 2.05) is 152 Å². The number of phosphoric ester groups is 1. The molecule has 6 aromatic rings. The molecule has 0 aliphatic heterocycles. The Kier molecular flexibility index (Phi) is 17.1. The molecule has 12 nitrogen and oxygen atoms in total. The van der Waals surface area contributed by atoms with Crippen molar-refractivity contribution >= 4 is 25.8 Å². The Balaban J connectivity index is 1.25. The molecule has 0 saturated carbocycles. The summed E-state index contributed by atoms with van der Waals surface area (Å²) in [5.41, 5.74) is 4.44. The SMILES string of the molecule is CC(C)[C@H](NC(=O)OCc1ccccc1)C(=O)N[C@@H](Cc1ccc(OP(=O)(OCc2ccccc2)OCc2ccccc2)c(OCc2ccccc2)c1)C(=O)OCc1ccccc1. The van der Waals surface area contributed by atoms with Crippen molar-refractivity contribution in [2.24, 2.45) is 5.92 Å². The van der Waals surface area contributed by atoms with E-state index in [4.69, 9.17) is 27.8 Å². The van der Waals surface area contributed by atoms with E-state index in [1.54, 1.807) is 32.0 Å². The van der Waals surface area contributed by atoms with Gasteiger partial charge in [-0.05, 0) is 51.4 Å². The third-order valence-corrected chi connectivity index (χ3v) is 10.9. The molecule has 0 spiro atoms. The number of rotatable bonds is 22. The summed E-state index contributed by atoms with van der Waals surface area (Å²) in [6.45, 7) is 3.50. The van der Waals surface area contributed by atoms with Crippen LogP contribution in [0.2, 0.25) is 0 Å². The van der Waals surface area contributed by atoms with E-state index in [9.17, 15) is 18.9 Å². The minimum Gasteiger partial charge on any atom is -0.485 e. The third-order valence-electron chi connectivity index (χ3n) is 9.62. The molecule has 0 aliphatic rings. The predicted molar refractivity (Wildman–Crippen MR) is 238 cm³/mol. The fourth-order valence-corrected chi connectivity index (χ4v) is 7.40. The summed E-state index contributed by atoms with van der Waals surface area (Å²) in [7, 11) is -4.32. The number of hydrogen-bond donors (Lipinski definition) is 2. The molecule has 0 aromatic heterocycles. The number of carbonyl (C=O) groups is 3. The van der Waals surface area contributed by atoms with Crippen molar-refractivity contribution in [1.29, 1.82) is 0 Å². The van der Waals surface area contributed by atoms with Gasteiger partial charge in [-0.1, -0.05) is 172 Å². The molecule has 0 aliphatic carbocycles. The molecule has 326 valence electrons. The number of hydrogen-bond acceptors (Lipinski definition) is 10. The summed E-state index contributed by atoms with van der Waals surface area (Å²) in [5, 5.41) is 5.47. The number of esters is 1. The average Bonchev–Trinajstić information content (AvgIpc) is 3.32. The summed E-state index contributed by atoms with van der Waals surface area (Å²) < 4.78 is 49.9. The summed E-state index contributed by atoms with van der Waals surface area (Å²) in [4.78, 5) is 40.7. The van der Waals surface area contributed by atoms with Gasteiger partial charge in [0, 0.05) is 6.42 Å². The van der Waals surface area contributed by atoms with Crippen molar-refractivity contribution < 1.29 is 46.7 Å². The van der Waals surface area contributed by atoms with Gasteiger partial charge in [0.25, 0.3) is 0 Å². The molecular formula is C50H51N2O10P. The van der Waals surface area contributed by atoms with Crippen LogP contribution in [-0.4, -0.2) is 30.1 Å². The van der Waals surface area contributed by atoms with Crippen LogP contribution in [0.15, 0.2) is 170 Å². The maximum absolute atomic E-state index is 14.5. The molecule has 63 heavy (non-hydrogen) atoms. The Morgan fingerprint density at radius 2 is 0.952 bits per heavy atom. The van der Waals surface area contributed by atoms with E-state index in [1.165, 1.54) is 0 Å². The van der Waals surface area contributed by atoms with Gasteiger partial charge in [-0.15, -0.1) is 0 Å². The Morgan fingerprint density at radius 1 is 0.508 bits per heavy atom. The zero-order valence-corrected chi connectivity index (χ0v) is 36.1. The number of nitrogens with one attached hydrogen (secondary N) is 2. The van der Waals surface area contributed by atoms with Gasteiger partial charge in [0.2, 0.25) is 5.91 Å². The molecule has 0 saturated heterocycles. The molecular weight excluding hydrogens is 820 g/mol. The van der Waals surface area contributed by atoms with Gasteiger partial charge >= 0.3 is 19.9 Å². The smallest absolute Gasteiger partial charge is 0.485 e. The van der Waals surface area contributed by atoms with E-state index in [0.717, 1.165) is 27.8 Å². The maximum atomic E-state index is 14.5. The highest BCUT2D eigenvalue weighted by Gasteiger charge is 2.33. The lowest BCUT2D eigenvalue weighted by Crippen LogP contribution is -2.54. The lowest BCUT2D eigenvalue weighted by molar-refractivity contribution is -0.149. The largest absolute Gasteiger partial charge is 0.530 e. The predicted octanol–water partition coefficient (Wildman–Crippen LogP) is 9.91. The number of alkyl carbamates (subject to hydrolysis) is 1. The van der Waals surface area contributed by atoms with Crippen LogP contribution in [-0.2, 0) is 72.1 Å². The molecule has 2 N–H and O–H groups in total. The lowest BCUT2D eigenvalue weighted by atomic mass is 10.0. The Morgan fingerprint density at radius 3 is 1.43 bits per heavy atom. The van der Waals surface area contributed by atoms with E-state index in [0.29, 0.717) is 5.56 Å². The van der Waals surface area contributed by atoms with Crippen LogP contribution in [0.5, 0.6) is 11.5 Å². The lowest BCUT2D eigenvalue weighted by Gasteiger charge is -2.25. The molecule has 0 radical (unpaired) electrons. The number of benzene rings is 6. The second-order valence-electron chi connectivity index (χ2n) is 14.9. The standard InChI is InChI=1S/C50H51N2O10P/c1-37(2)47(52-50(55)59-34-40-22-12-5-13-23-40)48(53)51-44(49(54)58-33-39-20-10-4-11-21-39)30-43-28-29-45(46(31-43)57-32-38-18-8-3-9-19-38)62-63(56,60-35-41-24-14-6-15-25-41)61-36-42-26-16-7-17-27-42/h3-29,31,37,44,47H,30,32-36H2,1-2H3,(H,51,53)(H,52,55)/t44-,47-/m0/s1. The van der Waals surface area contributed by atoms with Crippen molar-refractivity contribution in [3.8, 4) is 11.5 Å². The van der Waals surface area contributed by atoms with Gasteiger partial charge in [0.1, 0.15) is 31.9 Å². The molecule has 0 bridgehead atoms. The second kappa shape index (κ2) is 23.5. The number of amides is 2. The van der Waals surface area contributed by atoms with Gasteiger partial charge in [-0.2, -0.15) is 0 Å². The first-order valence-electron chi connectivity index (χ1n) is 20.6. The van der Waals surface area contributed by atoms with Crippen molar-refractivity contribution in [2.75, 3.05) is 0 Å². The van der Waals surface area contributed by atoms with Crippen LogP contribution >= 0.6 is 7.82 Å². The fraction of sp³-hybridized carbons (Fsp3) is 0.220. The van der Waals surface area contributed by atoms with Crippen molar-refractivity contribution in [3.05, 3.63) is 203 Å². The molecule has 6 aromatic carbocycles. The van der Waals surface area contributed by atoms with Gasteiger partial charge in [-0.3, -0.25) is 13.8 Å². The Labute approximate surface area is 368 Å².